The molecule has 208 valence electrons. The van der Waals surface area contributed by atoms with Crippen molar-refractivity contribution < 1.29 is 19.2 Å². The number of fused-ring (bicyclic) bond motifs is 4. The van der Waals surface area contributed by atoms with E-state index in [1.54, 1.807) is 46.5 Å². The van der Waals surface area contributed by atoms with Gasteiger partial charge in [-0.2, -0.15) is 0 Å². The number of rotatable bonds is 8. The number of carbonyl (C=O) groups is 4. The molecule has 0 spiro atoms. The number of unbranched alkanes of at least 4 members (excludes halogenated alkanes) is 2. The maximum absolute atomic E-state index is 13.0. The molecule has 4 heterocycles. The van der Waals surface area contributed by atoms with Gasteiger partial charge in [0.05, 0.1) is 34.6 Å². The molecule has 2 fully saturated rings. The number of benzene rings is 2. The number of hydrogen-bond acceptors (Lipinski definition) is 6. The Balaban J connectivity index is 0.973. The number of amides is 2. The zero-order valence-corrected chi connectivity index (χ0v) is 22.9. The molecule has 0 aromatic heterocycles. The summed E-state index contributed by atoms with van der Waals surface area (Å²) in [7, 11) is 0. The molecule has 2 aromatic carbocycles. The van der Waals surface area contributed by atoms with Crippen molar-refractivity contribution in [3.8, 4) is 0 Å². The maximum atomic E-state index is 13.0. The van der Waals surface area contributed by atoms with Crippen LogP contribution in [0, 0.1) is 0 Å². The van der Waals surface area contributed by atoms with Crippen LogP contribution in [0.5, 0.6) is 0 Å². The standard InChI is InChI=1S/C33H32N4O4/c38-24(18-22-14-16-36-30(22)20-34-28-12-6-4-10-26(28)32(36)40)8-2-1-3-9-25(39)19-23-15-17-37-31(23)21-35-29-13-7-5-11-27(29)33(37)41/h4-7,10-13,18-21,30-31H,1-3,8-9,14-17H2/b22-18+,23-19+/t30-,31-/m1/s1. The highest BCUT2D eigenvalue weighted by atomic mass is 16.2. The van der Waals surface area contributed by atoms with E-state index in [1.807, 2.05) is 36.4 Å². The molecule has 0 radical (unpaired) electrons. The second kappa shape index (κ2) is 11.6. The second-order valence-corrected chi connectivity index (χ2v) is 10.9. The van der Waals surface area contributed by atoms with Gasteiger partial charge in [0.25, 0.3) is 11.8 Å². The molecule has 8 heteroatoms. The number of aliphatic imine (C=N–C) groups is 2. The lowest BCUT2D eigenvalue weighted by molar-refractivity contribution is -0.115. The maximum Gasteiger partial charge on any atom is 0.256 e. The summed E-state index contributed by atoms with van der Waals surface area (Å²) in [6.07, 6.45) is 11.3. The van der Waals surface area contributed by atoms with Crippen LogP contribution in [-0.4, -0.2) is 70.8 Å². The minimum absolute atomic E-state index is 0.0438. The van der Waals surface area contributed by atoms with Crippen LogP contribution in [0.15, 0.2) is 81.8 Å². The first-order chi connectivity index (χ1) is 20.0. The summed E-state index contributed by atoms with van der Waals surface area (Å²) in [6.45, 7) is 1.15. The van der Waals surface area contributed by atoms with Crippen molar-refractivity contribution in [2.45, 2.75) is 57.0 Å². The first-order valence-corrected chi connectivity index (χ1v) is 14.3. The van der Waals surface area contributed by atoms with Crippen LogP contribution in [0.1, 0.15) is 65.7 Å². The third-order valence-electron chi connectivity index (χ3n) is 8.25. The van der Waals surface area contributed by atoms with Gasteiger partial charge in [-0.3, -0.25) is 29.2 Å². The topological polar surface area (TPSA) is 99.5 Å². The quantitative estimate of drug-likeness (QED) is 0.335. The average molecular weight is 549 g/mol. The van der Waals surface area contributed by atoms with Crippen molar-refractivity contribution in [2.75, 3.05) is 13.1 Å². The monoisotopic (exact) mass is 548 g/mol. The number of carbonyl (C=O) groups excluding carboxylic acids is 4. The van der Waals surface area contributed by atoms with Crippen molar-refractivity contribution in [2.24, 2.45) is 9.98 Å². The van der Waals surface area contributed by atoms with E-state index in [-0.39, 0.29) is 35.5 Å². The van der Waals surface area contributed by atoms with Crippen molar-refractivity contribution in [1.29, 1.82) is 0 Å². The van der Waals surface area contributed by atoms with Crippen molar-refractivity contribution in [1.82, 2.24) is 9.80 Å². The highest BCUT2D eigenvalue weighted by Crippen LogP contribution is 2.32. The van der Waals surface area contributed by atoms with Crippen molar-refractivity contribution in [3.63, 3.8) is 0 Å². The first kappa shape index (κ1) is 26.7. The molecule has 0 saturated carbocycles. The molecule has 8 nitrogen and oxygen atoms in total. The molecule has 2 amide bonds. The number of ketones is 2. The van der Waals surface area contributed by atoms with Gasteiger partial charge in [-0.05, 0) is 73.2 Å². The van der Waals surface area contributed by atoms with E-state index < -0.39 is 0 Å². The van der Waals surface area contributed by atoms with E-state index >= 15 is 0 Å². The zero-order valence-electron chi connectivity index (χ0n) is 22.9. The minimum Gasteiger partial charge on any atom is -0.326 e. The van der Waals surface area contributed by atoms with Crippen LogP contribution in [0.2, 0.25) is 0 Å². The van der Waals surface area contributed by atoms with Crippen LogP contribution in [0.25, 0.3) is 0 Å². The van der Waals surface area contributed by atoms with Gasteiger partial charge in [-0.1, -0.05) is 30.7 Å². The molecular formula is C33H32N4O4. The van der Waals surface area contributed by atoms with Gasteiger partial charge >= 0.3 is 0 Å². The number of nitrogens with zero attached hydrogens (tertiary/aromatic N) is 4. The molecule has 4 aliphatic heterocycles. The Morgan fingerprint density at radius 2 is 1.12 bits per heavy atom. The summed E-state index contributed by atoms with van der Waals surface area (Å²) in [4.78, 5) is 64.0. The fourth-order valence-corrected chi connectivity index (χ4v) is 6.08. The molecule has 0 bridgehead atoms. The Kier molecular flexibility index (Phi) is 7.55. The molecule has 0 unspecified atom stereocenters. The fraction of sp³-hybridized carbons (Fsp3) is 0.333. The lowest BCUT2D eigenvalue weighted by Crippen LogP contribution is -2.36. The van der Waals surface area contributed by atoms with Crippen LogP contribution >= 0.6 is 0 Å². The Morgan fingerprint density at radius 3 is 1.59 bits per heavy atom. The van der Waals surface area contributed by atoms with Gasteiger partial charge < -0.3 is 9.80 Å². The minimum atomic E-state index is -0.279. The Labute approximate surface area is 239 Å². The van der Waals surface area contributed by atoms with Crippen molar-refractivity contribution >= 4 is 47.2 Å². The third kappa shape index (κ3) is 5.46. The first-order valence-electron chi connectivity index (χ1n) is 14.3. The zero-order chi connectivity index (χ0) is 28.3. The molecule has 2 atom stereocenters. The van der Waals surface area contributed by atoms with E-state index in [2.05, 4.69) is 9.98 Å². The lowest BCUT2D eigenvalue weighted by Gasteiger charge is -2.20. The molecule has 41 heavy (non-hydrogen) atoms. The van der Waals surface area contributed by atoms with Gasteiger partial charge in [0, 0.05) is 38.4 Å². The summed E-state index contributed by atoms with van der Waals surface area (Å²) in [5, 5.41) is 0. The van der Waals surface area contributed by atoms with E-state index in [4.69, 9.17) is 0 Å². The van der Waals surface area contributed by atoms with E-state index in [1.165, 1.54) is 0 Å². The normalized spacial score (nSPS) is 22.8. The summed E-state index contributed by atoms with van der Waals surface area (Å²) in [5.74, 6) is -0.0108. The highest BCUT2D eigenvalue weighted by Gasteiger charge is 2.36. The van der Waals surface area contributed by atoms with Gasteiger partial charge in [0.1, 0.15) is 0 Å². The molecular weight excluding hydrogens is 516 g/mol. The van der Waals surface area contributed by atoms with E-state index in [9.17, 15) is 19.2 Å². The largest absolute Gasteiger partial charge is 0.326 e. The Bertz CT molecular complexity index is 1420. The van der Waals surface area contributed by atoms with Gasteiger partial charge in [-0.25, -0.2) is 0 Å². The van der Waals surface area contributed by atoms with Gasteiger partial charge in [0.15, 0.2) is 11.6 Å². The summed E-state index contributed by atoms with van der Waals surface area (Å²) in [6, 6.07) is 14.1. The molecule has 0 aliphatic carbocycles. The summed E-state index contributed by atoms with van der Waals surface area (Å²) in [5.41, 5.74) is 4.36. The van der Waals surface area contributed by atoms with E-state index in [0.717, 1.165) is 17.6 Å². The van der Waals surface area contributed by atoms with Crippen LogP contribution in [0.3, 0.4) is 0 Å². The number of hydrogen-bond donors (Lipinski definition) is 0. The average Bonchev–Trinajstić information content (AvgIpc) is 3.49. The SMILES string of the molecule is O=C(/C=C1\CCN2C(=O)c3ccccc3N=C[C@H]12)CCCCCC(=O)/C=C1\CCN2C(=O)c3ccccc3N=C[C@H]12. The molecule has 4 aliphatic rings. The highest BCUT2D eigenvalue weighted by molar-refractivity contribution is 6.05. The van der Waals surface area contributed by atoms with E-state index in [0.29, 0.717) is 74.1 Å². The van der Waals surface area contributed by atoms with Crippen molar-refractivity contribution in [3.05, 3.63) is 83.0 Å². The Hall–Kier alpha value is -4.46. The molecule has 2 saturated heterocycles. The Morgan fingerprint density at radius 1 is 0.683 bits per heavy atom. The van der Waals surface area contributed by atoms with Crippen LogP contribution < -0.4 is 0 Å². The predicted molar refractivity (Wildman–Crippen MR) is 157 cm³/mol. The second-order valence-electron chi connectivity index (χ2n) is 10.9. The van der Waals surface area contributed by atoms with Gasteiger partial charge in [0.2, 0.25) is 0 Å². The molecule has 0 N–H and O–H groups in total. The lowest BCUT2D eigenvalue weighted by atomic mass is 10.0. The van der Waals surface area contributed by atoms with Crippen LogP contribution in [-0.2, 0) is 9.59 Å². The van der Waals surface area contributed by atoms with Gasteiger partial charge in [-0.15, -0.1) is 0 Å². The number of para-hydroxylation sites is 2. The molecule has 6 rings (SSSR count). The third-order valence-corrected chi connectivity index (χ3v) is 8.25. The predicted octanol–water partition coefficient (Wildman–Crippen LogP) is 5.19. The summed E-state index contributed by atoms with van der Waals surface area (Å²) < 4.78 is 0. The number of allylic oxidation sites excluding steroid dienone is 2. The summed E-state index contributed by atoms with van der Waals surface area (Å²) >= 11 is 0. The molecule has 2 aromatic rings. The van der Waals surface area contributed by atoms with Crippen LogP contribution in [0.4, 0.5) is 11.4 Å². The smallest absolute Gasteiger partial charge is 0.256 e. The fourth-order valence-electron chi connectivity index (χ4n) is 6.08.